The van der Waals surface area contributed by atoms with Gasteiger partial charge in [-0.1, -0.05) is 30.3 Å². The van der Waals surface area contributed by atoms with Crippen LogP contribution in [-0.2, 0) is 13.5 Å². The molecule has 0 N–H and O–H groups in total. The van der Waals surface area contributed by atoms with Crippen molar-refractivity contribution < 1.29 is 4.79 Å². The van der Waals surface area contributed by atoms with Crippen LogP contribution < -0.4 is 0 Å². The number of imidazole rings is 1. The van der Waals surface area contributed by atoms with Crippen molar-refractivity contribution in [3.63, 3.8) is 0 Å². The third-order valence-electron chi connectivity index (χ3n) is 4.90. The lowest BCUT2D eigenvalue weighted by molar-refractivity contribution is 0.0698. The lowest BCUT2D eigenvalue weighted by Gasteiger charge is -2.32. The van der Waals surface area contributed by atoms with E-state index in [9.17, 15) is 4.79 Å². The van der Waals surface area contributed by atoms with E-state index in [2.05, 4.69) is 26.7 Å². The minimum absolute atomic E-state index is 0.0412. The van der Waals surface area contributed by atoms with Crippen LogP contribution in [0.2, 0.25) is 0 Å². The highest BCUT2D eigenvalue weighted by atomic mass is 32.1. The molecule has 2 aromatic heterocycles. The number of piperidine rings is 1. The molecule has 134 valence electrons. The van der Waals surface area contributed by atoms with Crippen LogP contribution in [0.3, 0.4) is 0 Å². The Morgan fingerprint density at radius 2 is 2.15 bits per heavy atom. The van der Waals surface area contributed by atoms with Crippen molar-refractivity contribution in [2.75, 3.05) is 13.1 Å². The topological polar surface area (TPSA) is 51.0 Å². The number of hydrogen-bond acceptors (Lipinski definition) is 4. The Hall–Kier alpha value is -2.47. The minimum Gasteiger partial charge on any atom is -0.338 e. The molecule has 6 heteroatoms. The molecule has 0 saturated carbocycles. The Kier molecular flexibility index (Phi) is 4.84. The smallest absolute Gasteiger partial charge is 0.273 e. The summed E-state index contributed by atoms with van der Waals surface area (Å²) in [5, 5.41) is 2.88. The first-order valence-electron chi connectivity index (χ1n) is 8.95. The van der Waals surface area contributed by atoms with Gasteiger partial charge in [0.05, 0.1) is 5.01 Å². The van der Waals surface area contributed by atoms with E-state index in [1.54, 1.807) is 11.3 Å². The molecule has 0 radical (unpaired) electrons. The molecule has 1 aromatic carbocycles. The number of likely N-dealkylation sites (tertiary alicyclic amines) is 1. The summed E-state index contributed by atoms with van der Waals surface area (Å²) in [5.41, 5.74) is 1.79. The predicted molar refractivity (Wildman–Crippen MR) is 102 cm³/mol. The highest BCUT2D eigenvalue weighted by Gasteiger charge is 2.28. The van der Waals surface area contributed by atoms with Gasteiger partial charge in [-0.25, -0.2) is 9.97 Å². The van der Waals surface area contributed by atoms with Crippen molar-refractivity contribution in [2.45, 2.75) is 25.2 Å². The zero-order chi connectivity index (χ0) is 17.9. The molecule has 3 aromatic rings. The molecule has 26 heavy (non-hydrogen) atoms. The van der Waals surface area contributed by atoms with Gasteiger partial charge in [0, 0.05) is 50.2 Å². The van der Waals surface area contributed by atoms with E-state index in [1.165, 1.54) is 5.56 Å². The molecule has 3 heterocycles. The summed E-state index contributed by atoms with van der Waals surface area (Å²) in [6.07, 6.45) is 6.64. The van der Waals surface area contributed by atoms with Crippen LogP contribution in [0.5, 0.6) is 0 Å². The Morgan fingerprint density at radius 1 is 1.31 bits per heavy atom. The van der Waals surface area contributed by atoms with E-state index < -0.39 is 0 Å². The van der Waals surface area contributed by atoms with Crippen molar-refractivity contribution in [3.05, 3.63) is 70.2 Å². The number of thiazole rings is 1. The minimum atomic E-state index is 0.0412. The highest BCUT2D eigenvalue weighted by molar-refractivity contribution is 7.09. The largest absolute Gasteiger partial charge is 0.338 e. The maximum Gasteiger partial charge on any atom is 0.273 e. The van der Waals surface area contributed by atoms with Gasteiger partial charge in [0.15, 0.2) is 0 Å². The summed E-state index contributed by atoms with van der Waals surface area (Å²) < 4.78 is 2.06. The number of rotatable bonds is 4. The molecular formula is C20H22N4OS. The molecule has 1 aliphatic rings. The molecule has 0 spiro atoms. The SMILES string of the molecule is Cn1ccnc1[C@@H]1CCCN(C(=O)c2csc(Cc3ccccc3)n2)C1. The van der Waals surface area contributed by atoms with Crippen molar-refractivity contribution >= 4 is 17.2 Å². The number of carbonyl (C=O) groups is 1. The second-order valence-corrected chi connectivity index (χ2v) is 7.72. The average molecular weight is 366 g/mol. The predicted octanol–water partition coefficient (Wildman–Crippen LogP) is 3.49. The van der Waals surface area contributed by atoms with Crippen LogP contribution in [0.4, 0.5) is 0 Å². The summed E-state index contributed by atoms with van der Waals surface area (Å²) in [6.45, 7) is 1.51. The van der Waals surface area contributed by atoms with Crippen LogP contribution in [0.15, 0.2) is 48.1 Å². The summed E-state index contributed by atoms with van der Waals surface area (Å²) >= 11 is 1.56. The van der Waals surface area contributed by atoms with Crippen molar-refractivity contribution in [1.82, 2.24) is 19.4 Å². The third kappa shape index (κ3) is 3.55. The average Bonchev–Trinajstić information content (AvgIpc) is 3.31. The Bertz CT molecular complexity index is 886. The quantitative estimate of drug-likeness (QED) is 0.710. The van der Waals surface area contributed by atoms with Crippen molar-refractivity contribution in [1.29, 1.82) is 0 Å². The standard InChI is InChI=1S/C20H22N4OS/c1-23-11-9-21-19(23)16-8-5-10-24(13-16)20(25)17-14-26-18(22-17)12-15-6-3-2-4-7-15/h2-4,6-7,9,11,14,16H,5,8,10,12-13H2,1H3/t16-/m1/s1. The Balaban J connectivity index is 1.45. The molecule has 0 unspecified atom stereocenters. The molecule has 5 nitrogen and oxygen atoms in total. The van der Waals surface area contributed by atoms with Gasteiger partial charge < -0.3 is 9.47 Å². The van der Waals surface area contributed by atoms with Crippen molar-refractivity contribution in [3.8, 4) is 0 Å². The van der Waals surface area contributed by atoms with Gasteiger partial charge in [0.1, 0.15) is 11.5 Å². The maximum absolute atomic E-state index is 12.9. The summed E-state index contributed by atoms with van der Waals surface area (Å²) in [7, 11) is 2.01. The van der Waals surface area contributed by atoms with E-state index in [0.29, 0.717) is 11.6 Å². The number of hydrogen-bond donors (Lipinski definition) is 0. The molecule has 0 aliphatic carbocycles. The lowest BCUT2D eigenvalue weighted by atomic mass is 9.97. The first kappa shape index (κ1) is 17.0. The normalized spacial score (nSPS) is 17.4. The number of aryl methyl sites for hydroxylation is 1. The van der Waals surface area contributed by atoms with Crippen LogP contribution in [0, 0.1) is 0 Å². The first-order valence-corrected chi connectivity index (χ1v) is 9.83. The van der Waals surface area contributed by atoms with Gasteiger partial charge in [-0.15, -0.1) is 11.3 Å². The number of aromatic nitrogens is 3. The van der Waals surface area contributed by atoms with Crippen LogP contribution in [-0.4, -0.2) is 38.4 Å². The van der Waals surface area contributed by atoms with Gasteiger partial charge >= 0.3 is 0 Å². The number of carbonyl (C=O) groups excluding carboxylic acids is 1. The van der Waals surface area contributed by atoms with E-state index in [-0.39, 0.29) is 5.91 Å². The fourth-order valence-corrected chi connectivity index (χ4v) is 4.37. The lowest BCUT2D eigenvalue weighted by Crippen LogP contribution is -2.39. The van der Waals surface area contributed by atoms with Crippen LogP contribution in [0.1, 0.15) is 45.6 Å². The van der Waals surface area contributed by atoms with Crippen LogP contribution >= 0.6 is 11.3 Å². The maximum atomic E-state index is 12.9. The summed E-state index contributed by atoms with van der Waals surface area (Å²) in [6, 6.07) is 10.2. The van der Waals surface area contributed by atoms with E-state index in [1.807, 2.05) is 47.9 Å². The highest BCUT2D eigenvalue weighted by Crippen LogP contribution is 2.27. The summed E-state index contributed by atoms with van der Waals surface area (Å²) in [4.78, 5) is 23.9. The van der Waals surface area contributed by atoms with Gasteiger partial charge in [0.2, 0.25) is 0 Å². The number of benzene rings is 1. The molecule has 0 bridgehead atoms. The van der Waals surface area contributed by atoms with Gasteiger partial charge in [-0.05, 0) is 18.4 Å². The number of amides is 1. The zero-order valence-corrected chi connectivity index (χ0v) is 15.7. The molecule has 4 rings (SSSR count). The van der Waals surface area contributed by atoms with Gasteiger partial charge in [-0.2, -0.15) is 0 Å². The molecule has 1 saturated heterocycles. The molecule has 1 fully saturated rings. The van der Waals surface area contributed by atoms with Gasteiger partial charge in [0.25, 0.3) is 5.91 Å². The molecule has 1 amide bonds. The van der Waals surface area contributed by atoms with E-state index in [0.717, 1.165) is 43.2 Å². The first-order chi connectivity index (χ1) is 12.7. The van der Waals surface area contributed by atoms with Crippen LogP contribution in [0.25, 0.3) is 0 Å². The van der Waals surface area contributed by atoms with Gasteiger partial charge in [-0.3, -0.25) is 4.79 Å². The third-order valence-corrected chi connectivity index (χ3v) is 5.75. The fourth-order valence-electron chi connectivity index (χ4n) is 3.57. The number of nitrogens with zero attached hydrogens (tertiary/aromatic N) is 4. The molecular weight excluding hydrogens is 344 g/mol. The second-order valence-electron chi connectivity index (χ2n) is 6.78. The monoisotopic (exact) mass is 366 g/mol. The second kappa shape index (κ2) is 7.41. The fraction of sp³-hybridized carbons (Fsp3) is 0.350. The Morgan fingerprint density at radius 3 is 2.92 bits per heavy atom. The Labute approximate surface area is 157 Å². The molecule has 1 atom stereocenters. The zero-order valence-electron chi connectivity index (χ0n) is 14.8. The molecule has 1 aliphatic heterocycles. The summed E-state index contributed by atoms with van der Waals surface area (Å²) in [5.74, 6) is 1.40. The van der Waals surface area contributed by atoms with Crippen molar-refractivity contribution in [2.24, 2.45) is 7.05 Å². The van der Waals surface area contributed by atoms with E-state index in [4.69, 9.17) is 0 Å². The van der Waals surface area contributed by atoms with E-state index >= 15 is 0 Å².